The lowest BCUT2D eigenvalue weighted by Gasteiger charge is -2.10. The summed E-state index contributed by atoms with van der Waals surface area (Å²) in [6, 6.07) is 3.68. The van der Waals surface area contributed by atoms with E-state index in [0.29, 0.717) is 11.3 Å². The van der Waals surface area contributed by atoms with E-state index >= 15 is 0 Å². The van der Waals surface area contributed by atoms with Crippen LogP contribution in [0.1, 0.15) is 11.6 Å². The van der Waals surface area contributed by atoms with Gasteiger partial charge in [0.25, 0.3) is 0 Å². The number of ether oxygens (including phenoxy) is 1. The number of aliphatic hydroxyl groups is 1. The summed E-state index contributed by atoms with van der Waals surface area (Å²) < 4.78 is 18.0. The molecule has 1 aromatic rings. The van der Waals surface area contributed by atoms with Gasteiger partial charge in [0.1, 0.15) is 11.6 Å². The lowest BCUT2D eigenvalue weighted by atomic mass is 10.1. The largest absolute Gasteiger partial charge is 0.497 e. The van der Waals surface area contributed by atoms with Crippen LogP contribution < -0.4 is 10.5 Å². The Morgan fingerprint density at radius 3 is 2.64 bits per heavy atom. The van der Waals surface area contributed by atoms with Gasteiger partial charge in [-0.3, -0.25) is 0 Å². The van der Waals surface area contributed by atoms with Gasteiger partial charge in [0.2, 0.25) is 0 Å². The Morgan fingerprint density at radius 1 is 1.57 bits per heavy atom. The molecule has 1 rings (SSSR count). The van der Waals surface area contributed by atoms with Crippen LogP contribution in [-0.4, -0.2) is 18.8 Å². The second-order valence-electron chi connectivity index (χ2n) is 2.68. The molecule has 0 aliphatic carbocycles. The predicted octanol–water partition coefficient (Wildman–Crippen LogP) is 1.25. The maximum Gasteiger partial charge on any atom is 0.131 e. The lowest BCUT2D eigenvalue weighted by molar-refractivity contribution is 0.265. The smallest absolute Gasteiger partial charge is 0.131 e. The summed E-state index contributed by atoms with van der Waals surface area (Å²) in [7, 11) is 1.46. The Hall–Kier alpha value is -0.840. The summed E-state index contributed by atoms with van der Waals surface area (Å²) in [6.07, 6.45) is 0. The average molecular weight is 222 g/mol. The van der Waals surface area contributed by atoms with Crippen molar-refractivity contribution in [2.75, 3.05) is 13.7 Å². The summed E-state index contributed by atoms with van der Waals surface area (Å²) in [5.74, 6) is -0.0210. The van der Waals surface area contributed by atoms with E-state index in [1.807, 2.05) is 0 Å². The fraction of sp³-hybridized carbons (Fsp3) is 0.333. The van der Waals surface area contributed by atoms with Gasteiger partial charge in [0, 0.05) is 11.6 Å². The molecule has 0 heterocycles. The minimum atomic E-state index is -0.675. The monoisotopic (exact) mass is 221 g/mol. The van der Waals surface area contributed by atoms with Gasteiger partial charge in [0.05, 0.1) is 19.8 Å². The standard InChI is InChI=1S/C9H12FNO2.ClH/c1-13-6-2-3-7(8(10)4-6)9(11)5-12;/h2-4,9,12H,5,11H2,1H3;1H/t9-;/m1./s1. The van der Waals surface area contributed by atoms with Gasteiger partial charge in [-0.05, 0) is 6.07 Å². The van der Waals surface area contributed by atoms with Crippen molar-refractivity contribution in [3.8, 4) is 5.75 Å². The molecular formula is C9H13ClFNO2. The van der Waals surface area contributed by atoms with Crippen molar-refractivity contribution in [2.24, 2.45) is 5.73 Å². The van der Waals surface area contributed by atoms with Crippen molar-refractivity contribution in [2.45, 2.75) is 6.04 Å². The maximum atomic E-state index is 13.2. The molecular weight excluding hydrogens is 209 g/mol. The number of nitrogens with two attached hydrogens (primary N) is 1. The first-order valence-electron chi connectivity index (χ1n) is 3.89. The van der Waals surface area contributed by atoms with Gasteiger partial charge in [-0.15, -0.1) is 12.4 Å². The highest BCUT2D eigenvalue weighted by Gasteiger charge is 2.10. The van der Waals surface area contributed by atoms with Crippen molar-refractivity contribution in [3.63, 3.8) is 0 Å². The first-order chi connectivity index (χ1) is 6.19. The normalized spacial score (nSPS) is 11.7. The summed E-state index contributed by atoms with van der Waals surface area (Å²) in [5.41, 5.74) is 5.75. The van der Waals surface area contributed by atoms with E-state index in [1.165, 1.54) is 19.2 Å². The highest BCUT2D eigenvalue weighted by molar-refractivity contribution is 5.85. The second-order valence-corrected chi connectivity index (χ2v) is 2.68. The molecule has 0 aromatic heterocycles. The molecule has 0 amide bonds. The van der Waals surface area contributed by atoms with Crippen LogP contribution in [0.4, 0.5) is 4.39 Å². The van der Waals surface area contributed by atoms with Crippen molar-refractivity contribution >= 4 is 12.4 Å². The second kappa shape index (κ2) is 5.80. The molecule has 1 atom stereocenters. The van der Waals surface area contributed by atoms with E-state index in [4.69, 9.17) is 15.6 Å². The SMILES string of the molecule is COc1ccc([C@H](N)CO)c(F)c1.Cl. The van der Waals surface area contributed by atoms with Crippen LogP contribution in [0.25, 0.3) is 0 Å². The lowest BCUT2D eigenvalue weighted by Crippen LogP contribution is -2.15. The topological polar surface area (TPSA) is 55.5 Å². The molecule has 0 radical (unpaired) electrons. The molecule has 0 fully saturated rings. The molecule has 0 saturated heterocycles. The third-order valence-corrected chi connectivity index (χ3v) is 1.80. The Morgan fingerprint density at radius 2 is 2.21 bits per heavy atom. The molecule has 0 aliphatic rings. The fourth-order valence-electron chi connectivity index (χ4n) is 1.03. The third kappa shape index (κ3) is 2.83. The fourth-order valence-corrected chi connectivity index (χ4v) is 1.03. The number of hydrogen-bond acceptors (Lipinski definition) is 3. The van der Waals surface area contributed by atoms with E-state index in [0.717, 1.165) is 0 Å². The van der Waals surface area contributed by atoms with Crippen LogP contribution in [0, 0.1) is 5.82 Å². The molecule has 0 unspecified atom stereocenters. The van der Waals surface area contributed by atoms with E-state index in [9.17, 15) is 4.39 Å². The van der Waals surface area contributed by atoms with Crippen molar-refractivity contribution in [1.82, 2.24) is 0 Å². The first-order valence-corrected chi connectivity index (χ1v) is 3.89. The van der Waals surface area contributed by atoms with Crippen LogP contribution in [0.5, 0.6) is 5.75 Å². The Labute approximate surface area is 88.1 Å². The van der Waals surface area contributed by atoms with Gasteiger partial charge >= 0.3 is 0 Å². The van der Waals surface area contributed by atoms with Gasteiger partial charge < -0.3 is 15.6 Å². The Balaban J connectivity index is 0.00000169. The van der Waals surface area contributed by atoms with E-state index < -0.39 is 11.9 Å². The number of benzene rings is 1. The highest BCUT2D eigenvalue weighted by atomic mass is 35.5. The van der Waals surface area contributed by atoms with Gasteiger partial charge in [-0.2, -0.15) is 0 Å². The molecule has 3 nitrogen and oxygen atoms in total. The van der Waals surface area contributed by atoms with Crippen molar-refractivity contribution in [3.05, 3.63) is 29.6 Å². The van der Waals surface area contributed by atoms with E-state index in [2.05, 4.69) is 0 Å². The van der Waals surface area contributed by atoms with Crippen molar-refractivity contribution < 1.29 is 14.2 Å². The summed E-state index contributed by atoms with van der Waals surface area (Å²) in [4.78, 5) is 0. The minimum absolute atomic E-state index is 0. The van der Waals surface area contributed by atoms with Crippen LogP contribution in [0.2, 0.25) is 0 Å². The van der Waals surface area contributed by atoms with Gasteiger partial charge in [0.15, 0.2) is 0 Å². The van der Waals surface area contributed by atoms with Gasteiger partial charge in [-0.25, -0.2) is 4.39 Å². The Kier molecular flexibility index (Phi) is 5.45. The molecule has 0 bridgehead atoms. The number of aliphatic hydroxyl groups excluding tert-OH is 1. The van der Waals surface area contributed by atoms with Crippen LogP contribution >= 0.6 is 12.4 Å². The van der Waals surface area contributed by atoms with E-state index in [-0.39, 0.29) is 19.0 Å². The number of methoxy groups -OCH3 is 1. The zero-order chi connectivity index (χ0) is 9.84. The Bertz CT molecular complexity index is 296. The van der Waals surface area contributed by atoms with Gasteiger partial charge in [-0.1, -0.05) is 6.07 Å². The molecule has 1 aromatic carbocycles. The summed E-state index contributed by atoms with van der Waals surface area (Å²) >= 11 is 0. The highest BCUT2D eigenvalue weighted by Crippen LogP contribution is 2.20. The molecule has 0 saturated carbocycles. The van der Waals surface area contributed by atoms with Crippen LogP contribution in [-0.2, 0) is 0 Å². The summed E-state index contributed by atoms with van der Waals surface area (Å²) in [5, 5.41) is 8.72. The molecule has 0 aliphatic heterocycles. The van der Waals surface area contributed by atoms with E-state index in [1.54, 1.807) is 6.07 Å². The van der Waals surface area contributed by atoms with Crippen LogP contribution in [0.3, 0.4) is 0 Å². The molecule has 80 valence electrons. The molecule has 5 heteroatoms. The number of rotatable bonds is 3. The molecule has 0 spiro atoms. The zero-order valence-corrected chi connectivity index (χ0v) is 8.55. The predicted molar refractivity (Wildman–Crippen MR) is 54.2 cm³/mol. The average Bonchev–Trinajstić information content (AvgIpc) is 2.16. The van der Waals surface area contributed by atoms with Crippen LogP contribution in [0.15, 0.2) is 18.2 Å². The number of hydrogen-bond donors (Lipinski definition) is 2. The zero-order valence-electron chi connectivity index (χ0n) is 7.74. The third-order valence-electron chi connectivity index (χ3n) is 1.80. The molecule has 14 heavy (non-hydrogen) atoms. The van der Waals surface area contributed by atoms with Crippen molar-refractivity contribution in [1.29, 1.82) is 0 Å². The minimum Gasteiger partial charge on any atom is -0.497 e. The summed E-state index contributed by atoms with van der Waals surface area (Å²) in [6.45, 7) is -0.275. The number of halogens is 2. The first kappa shape index (κ1) is 13.2. The quantitative estimate of drug-likeness (QED) is 0.808. The molecule has 3 N–H and O–H groups in total. The maximum absolute atomic E-state index is 13.2.